The van der Waals surface area contributed by atoms with Crippen molar-refractivity contribution in [1.82, 2.24) is 0 Å². The molecule has 1 heterocycles. The molecule has 0 radical (unpaired) electrons. The fourth-order valence-corrected chi connectivity index (χ4v) is 4.69. The molecule has 1 aliphatic heterocycles. The van der Waals surface area contributed by atoms with E-state index in [1.54, 1.807) is 36.4 Å². The molecule has 1 saturated heterocycles. The molecular formula is C24H16ClF2NO3S2. The third-order valence-corrected chi connectivity index (χ3v) is 6.44. The van der Waals surface area contributed by atoms with Gasteiger partial charge in [-0.05, 0) is 54.1 Å². The molecule has 0 aromatic heterocycles. The number of methoxy groups -OCH3 is 1. The Bertz CT molecular complexity index is 1260. The summed E-state index contributed by atoms with van der Waals surface area (Å²) in [4.78, 5) is 14.6. The van der Waals surface area contributed by atoms with Crippen molar-refractivity contribution in [3.8, 4) is 11.5 Å². The van der Waals surface area contributed by atoms with Crippen LogP contribution in [0.15, 0.2) is 65.6 Å². The van der Waals surface area contributed by atoms with Gasteiger partial charge >= 0.3 is 0 Å². The number of anilines is 1. The molecular weight excluding hydrogens is 488 g/mol. The Balaban J connectivity index is 1.55. The summed E-state index contributed by atoms with van der Waals surface area (Å²) in [5.41, 5.74) is 1.28. The number of ether oxygens (including phenoxy) is 2. The fraction of sp³-hybridized carbons (Fsp3) is 0.0833. The Morgan fingerprint density at radius 1 is 1.09 bits per heavy atom. The van der Waals surface area contributed by atoms with Gasteiger partial charge in [0.25, 0.3) is 5.91 Å². The van der Waals surface area contributed by atoms with E-state index in [0.29, 0.717) is 32.0 Å². The first kappa shape index (κ1) is 23.2. The molecule has 1 amide bonds. The van der Waals surface area contributed by atoms with Crippen LogP contribution in [0.1, 0.15) is 11.1 Å². The zero-order valence-electron chi connectivity index (χ0n) is 17.2. The second-order valence-corrected chi connectivity index (χ2v) is 8.98. The van der Waals surface area contributed by atoms with Crippen LogP contribution in [0.5, 0.6) is 11.5 Å². The first-order valence-electron chi connectivity index (χ1n) is 9.64. The molecule has 0 aliphatic carbocycles. The number of halogens is 3. The summed E-state index contributed by atoms with van der Waals surface area (Å²) in [6.45, 7) is -0.0759. The van der Waals surface area contributed by atoms with Crippen LogP contribution >= 0.6 is 35.6 Å². The lowest BCUT2D eigenvalue weighted by atomic mass is 10.1. The van der Waals surface area contributed by atoms with Gasteiger partial charge in [0.05, 0.1) is 22.7 Å². The molecule has 3 aromatic carbocycles. The van der Waals surface area contributed by atoms with Gasteiger partial charge in [0, 0.05) is 5.56 Å². The SMILES string of the molecule is COc1cc(/C=C2/SC(=S)N(c3cccc(F)c3)C2=O)ccc1OCc1c(F)cccc1Cl. The van der Waals surface area contributed by atoms with E-state index >= 15 is 0 Å². The Hall–Kier alpha value is -2.94. The lowest BCUT2D eigenvalue weighted by Crippen LogP contribution is -2.27. The van der Waals surface area contributed by atoms with Gasteiger partial charge in [0.15, 0.2) is 15.8 Å². The minimum Gasteiger partial charge on any atom is -0.493 e. The average Bonchev–Trinajstić information content (AvgIpc) is 3.06. The largest absolute Gasteiger partial charge is 0.493 e. The quantitative estimate of drug-likeness (QED) is 0.279. The minimum absolute atomic E-state index is 0.0759. The third kappa shape index (κ3) is 5.03. The van der Waals surface area contributed by atoms with Crippen LogP contribution in [-0.2, 0) is 11.4 Å². The molecule has 33 heavy (non-hydrogen) atoms. The summed E-state index contributed by atoms with van der Waals surface area (Å²) in [5.74, 6) is -0.469. The Morgan fingerprint density at radius 2 is 1.88 bits per heavy atom. The van der Waals surface area contributed by atoms with Crippen molar-refractivity contribution >= 4 is 57.6 Å². The number of amides is 1. The summed E-state index contributed by atoms with van der Waals surface area (Å²) in [7, 11) is 1.48. The normalized spacial score (nSPS) is 14.8. The van der Waals surface area contributed by atoms with Crippen LogP contribution in [0, 0.1) is 11.6 Å². The van der Waals surface area contributed by atoms with Gasteiger partial charge in [-0.15, -0.1) is 0 Å². The van der Waals surface area contributed by atoms with Crippen LogP contribution in [0.3, 0.4) is 0 Å². The molecule has 0 atom stereocenters. The molecule has 0 N–H and O–H groups in total. The number of thioether (sulfide) groups is 1. The molecule has 1 aliphatic rings. The van der Waals surface area contributed by atoms with Crippen LogP contribution in [0.2, 0.25) is 5.02 Å². The highest BCUT2D eigenvalue weighted by atomic mass is 35.5. The van der Waals surface area contributed by atoms with Gasteiger partial charge in [-0.1, -0.05) is 53.8 Å². The van der Waals surface area contributed by atoms with Crippen LogP contribution in [-0.4, -0.2) is 17.3 Å². The third-order valence-electron chi connectivity index (χ3n) is 4.78. The summed E-state index contributed by atoms with van der Waals surface area (Å²) in [6.07, 6.45) is 1.67. The maximum atomic E-state index is 14.0. The van der Waals surface area contributed by atoms with Crippen molar-refractivity contribution in [3.63, 3.8) is 0 Å². The van der Waals surface area contributed by atoms with E-state index < -0.39 is 11.6 Å². The Morgan fingerprint density at radius 3 is 2.61 bits per heavy atom. The number of rotatable bonds is 6. The summed E-state index contributed by atoms with van der Waals surface area (Å²) in [5, 5.41) is 0.269. The van der Waals surface area contributed by atoms with Gasteiger partial charge in [0.1, 0.15) is 18.2 Å². The molecule has 1 fully saturated rings. The first-order valence-corrected chi connectivity index (χ1v) is 11.2. The van der Waals surface area contributed by atoms with Crippen molar-refractivity contribution < 1.29 is 23.0 Å². The Kier molecular flexibility index (Phi) is 6.97. The van der Waals surface area contributed by atoms with Gasteiger partial charge in [0.2, 0.25) is 0 Å². The molecule has 0 saturated carbocycles. The molecule has 3 aromatic rings. The zero-order valence-corrected chi connectivity index (χ0v) is 19.6. The number of benzene rings is 3. The molecule has 0 bridgehead atoms. The van der Waals surface area contributed by atoms with Gasteiger partial charge in [-0.3, -0.25) is 9.69 Å². The summed E-state index contributed by atoms with van der Waals surface area (Å²) < 4.78 is 39.0. The van der Waals surface area contributed by atoms with Crippen molar-refractivity contribution in [2.75, 3.05) is 12.0 Å². The average molecular weight is 504 g/mol. The standard InChI is InChI=1S/C24H16ClF2NO3S2/c1-30-21-10-14(8-9-20(21)31-13-17-18(25)6-3-7-19(17)27)11-22-23(29)28(24(32)33-22)16-5-2-4-15(26)12-16/h2-12H,13H2,1H3/b22-11+. The van der Waals surface area contributed by atoms with E-state index in [2.05, 4.69) is 0 Å². The topological polar surface area (TPSA) is 38.8 Å². The van der Waals surface area contributed by atoms with Crippen molar-refractivity contribution in [1.29, 1.82) is 0 Å². The predicted molar refractivity (Wildman–Crippen MR) is 131 cm³/mol. The van der Waals surface area contributed by atoms with E-state index in [1.807, 2.05) is 0 Å². The monoisotopic (exact) mass is 503 g/mol. The van der Waals surface area contributed by atoms with Crippen LogP contribution in [0.4, 0.5) is 14.5 Å². The smallest absolute Gasteiger partial charge is 0.270 e. The van der Waals surface area contributed by atoms with E-state index in [1.165, 1.54) is 42.3 Å². The van der Waals surface area contributed by atoms with E-state index in [0.717, 1.165) is 11.8 Å². The number of nitrogens with zero attached hydrogens (tertiary/aromatic N) is 1. The molecule has 0 spiro atoms. The second-order valence-electron chi connectivity index (χ2n) is 6.90. The predicted octanol–water partition coefficient (Wildman–Crippen LogP) is 6.61. The molecule has 9 heteroatoms. The van der Waals surface area contributed by atoms with Crippen molar-refractivity contribution in [2.24, 2.45) is 0 Å². The maximum absolute atomic E-state index is 14.0. The second kappa shape index (κ2) is 9.91. The van der Waals surface area contributed by atoms with E-state index in [4.69, 9.17) is 33.3 Å². The number of thiocarbonyl (C=S) groups is 1. The highest BCUT2D eigenvalue weighted by Crippen LogP contribution is 2.37. The number of carbonyl (C=O) groups is 1. The first-order chi connectivity index (χ1) is 15.9. The molecule has 0 unspecified atom stereocenters. The van der Waals surface area contributed by atoms with Crippen molar-refractivity contribution in [3.05, 3.63) is 93.4 Å². The van der Waals surface area contributed by atoms with Crippen LogP contribution < -0.4 is 14.4 Å². The maximum Gasteiger partial charge on any atom is 0.270 e. The van der Waals surface area contributed by atoms with E-state index in [-0.39, 0.29) is 23.1 Å². The number of hydrogen-bond acceptors (Lipinski definition) is 5. The summed E-state index contributed by atoms with van der Waals surface area (Å²) >= 11 is 12.5. The highest BCUT2D eigenvalue weighted by Gasteiger charge is 2.33. The summed E-state index contributed by atoms with van der Waals surface area (Å²) in [6, 6.07) is 15.2. The van der Waals surface area contributed by atoms with Crippen LogP contribution in [0.25, 0.3) is 6.08 Å². The van der Waals surface area contributed by atoms with Gasteiger partial charge in [-0.25, -0.2) is 8.78 Å². The number of hydrogen-bond donors (Lipinski definition) is 0. The number of carbonyl (C=O) groups excluding carboxylic acids is 1. The fourth-order valence-electron chi connectivity index (χ4n) is 3.17. The molecule has 168 valence electrons. The van der Waals surface area contributed by atoms with Crippen molar-refractivity contribution in [2.45, 2.75) is 6.61 Å². The minimum atomic E-state index is -0.460. The lowest BCUT2D eigenvalue weighted by molar-refractivity contribution is -0.113. The molecule has 4 nitrogen and oxygen atoms in total. The van der Waals surface area contributed by atoms with Gasteiger partial charge in [-0.2, -0.15) is 0 Å². The molecule has 4 rings (SSSR count). The van der Waals surface area contributed by atoms with Gasteiger partial charge < -0.3 is 9.47 Å². The Labute approximate surface area is 203 Å². The highest BCUT2D eigenvalue weighted by molar-refractivity contribution is 8.27. The zero-order chi connectivity index (χ0) is 23.5. The van der Waals surface area contributed by atoms with E-state index in [9.17, 15) is 13.6 Å². The lowest BCUT2D eigenvalue weighted by Gasteiger charge is -2.14.